The van der Waals surface area contributed by atoms with Gasteiger partial charge in [-0.2, -0.15) is 11.8 Å². The smallest absolute Gasteiger partial charge is 0.405 e. The molecule has 0 aliphatic heterocycles. The summed E-state index contributed by atoms with van der Waals surface area (Å²) in [5.74, 6) is 1.73. The summed E-state index contributed by atoms with van der Waals surface area (Å²) in [4.78, 5) is 10.3. The third-order valence-corrected chi connectivity index (χ3v) is 3.92. The second-order valence-corrected chi connectivity index (χ2v) is 5.76. The Balaban J connectivity index is 3.09. The molecule has 108 valence electrons. The van der Waals surface area contributed by atoms with Crippen LogP contribution in [-0.2, 0) is 0 Å². The van der Waals surface area contributed by atoms with Gasteiger partial charge in [0.15, 0.2) is 0 Å². The maximum atomic E-state index is 10.3. The van der Waals surface area contributed by atoms with Crippen molar-refractivity contribution in [2.75, 3.05) is 11.5 Å². The van der Waals surface area contributed by atoms with Gasteiger partial charge in [-0.05, 0) is 12.2 Å². The fourth-order valence-corrected chi connectivity index (χ4v) is 2.66. The van der Waals surface area contributed by atoms with Gasteiger partial charge in [0.2, 0.25) is 0 Å². The molecule has 0 aliphatic carbocycles. The summed E-state index contributed by atoms with van der Waals surface area (Å²) in [7, 11) is 0. The topological polar surface area (TPSA) is 75.3 Å². The molecule has 0 aromatic rings. The van der Waals surface area contributed by atoms with Gasteiger partial charge in [-0.3, -0.25) is 0 Å². The summed E-state index contributed by atoms with van der Waals surface area (Å²) < 4.78 is 0. The van der Waals surface area contributed by atoms with Crippen LogP contribution in [-0.4, -0.2) is 28.9 Å². The highest BCUT2D eigenvalue weighted by Crippen LogP contribution is 2.11. The van der Waals surface area contributed by atoms with Crippen molar-refractivity contribution in [2.45, 2.75) is 64.5 Å². The van der Waals surface area contributed by atoms with E-state index in [2.05, 4.69) is 12.2 Å². The van der Waals surface area contributed by atoms with E-state index in [1.165, 1.54) is 51.4 Å². The zero-order valence-corrected chi connectivity index (χ0v) is 12.3. The van der Waals surface area contributed by atoms with E-state index in [1.807, 2.05) is 0 Å². The van der Waals surface area contributed by atoms with Crippen molar-refractivity contribution >= 4 is 17.9 Å². The van der Waals surface area contributed by atoms with Crippen molar-refractivity contribution in [1.82, 2.24) is 5.32 Å². The van der Waals surface area contributed by atoms with Crippen LogP contribution in [0.25, 0.3) is 0 Å². The molecule has 0 bridgehead atoms. The van der Waals surface area contributed by atoms with Crippen LogP contribution in [0.5, 0.6) is 0 Å². The average Bonchev–Trinajstić information content (AvgIpc) is 2.30. The normalized spacial score (nSPS) is 12.3. The van der Waals surface area contributed by atoms with Gasteiger partial charge in [-0.15, -0.1) is 0 Å². The third-order valence-electron chi connectivity index (χ3n) is 2.75. The molecule has 0 rings (SSSR count). The highest BCUT2D eigenvalue weighted by molar-refractivity contribution is 7.99. The van der Waals surface area contributed by atoms with Crippen LogP contribution in [0.1, 0.15) is 58.3 Å². The first-order chi connectivity index (χ1) is 8.66. The summed E-state index contributed by atoms with van der Waals surface area (Å²) in [6.07, 6.45) is 9.09. The monoisotopic (exact) mass is 276 g/mol. The van der Waals surface area contributed by atoms with Crippen LogP contribution in [0.4, 0.5) is 4.79 Å². The highest BCUT2D eigenvalue weighted by atomic mass is 32.2. The third kappa shape index (κ3) is 13.6. The maximum Gasteiger partial charge on any atom is 0.405 e. The van der Waals surface area contributed by atoms with E-state index < -0.39 is 12.3 Å². The minimum Gasteiger partial charge on any atom is -0.465 e. The average molecular weight is 276 g/mol. The summed E-state index contributed by atoms with van der Waals surface area (Å²) in [6, 6.07) is 0. The number of amides is 1. The number of thioether (sulfide) groups is 1. The maximum absolute atomic E-state index is 10.3. The number of hydrogen-bond acceptors (Lipinski definition) is 3. The van der Waals surface area contributed by atoms with Crippen molar-refractivity contribution in [2.24, 2.45) is 5.73 Å². The Morgan fingerprint density at radius 3 is 2.28 bits per heavy atom. The van der Waals surface area contributed by atoms with Crippen LogP contribution in [0, 0.1) is 0 Å². The van der Waals surface area contributed by atoms with E-state index >= 15 is 0 Å². The molecule has 0 spiro atoms. The van der Waals surface area contributed by atoms with E-state index in [0.29, 0.717) is 5.75 Å². The van der Waals surface area contributed by atoms with Gasteiger partial charge in [-0.1, -0.05) is 51.9 Å². The van der Waals surface area contributed by atoms with E-state index in [1.54, 1.807) is 11.8 Å². The number of hydrogen-bond donors (Lipinski definition) is 3. The molecule has 4 N–H and O–H groups in total. The standard InChI is InChI=1S/C13H28N2O2S/c1-2-3-4-5-6-7-8-9-10-18-11-12(14)15-13(16)17/h12,15H,2-11,14H2,1H3,(H,16,17). The molecule has 1 unspecified atom stereocenters. The van der Waals surface area contributed by atoms with Crippen LogP contribution < -0.4 is 11.1 Å². The Hall–Kier alpha value is -0.420. The van der Waals surface area contributed by atoms with Gasteiger partial charge >= 0.3 is 6.09 Å². The van der Waals surface area contributed by atoms with Gasteiger partial charge in [-0.25, -0.2) is 4.79 Å². The lowest BCUT2D eigenvalue weighted by Gasteiger charge is -2.10. The first-order valence-electron chi connectivity index (χ1n) is 6.99. The van der Waals surface area contributed by atoms with Gasteiger partial charge in [0, 0.05) is 5.75 Å². The number of nitrogens with one attached hydrogen (secondary N) is 1. The number of rotatable bonds is 12. The molecule has 0 aromatic carbocycles. The molecule has 0 fully saturated rings. The molecule has 0 saturated heterocycles. The van der Waals surface area contributed by atoms with Crippen molar-refractivity contribution in [3.8, 4) is 0 Å². The highest BCUT2D eigenvalue weighted by Gasteiger charge is 2.04. The minimum atomic E-state index is -1.05. The Bertz CT molecular complexity index is 203. The van der Waals surface area contributed by atoms with E-state index in [0.717, 1.165) is 5.75 Å². The molecule has 0 saturated carbocycles. The van der Waals surface area contributed by atoms with Crippen molar-refractivity contribution in [3.63, 3.8) is 0 Å². The largest absolute Gasteiger partial charge is 0.465 e. The lowest BCUT2D eigenvalue weighted by Crippen LogP contribution is -2.42. The molecule has 0 heterocycles. The summed E-state index contributed by atoms with van der Waals surface area (Å²) in [5.41, 5.74) is 5.57. The lowest BCUT2D eigenvalue weighted by molar-refractivity contribution is 0.191. The summed E-state index contributed by atoms with van der Waals surface area (Å²) in [6.45, 7) is 2.24. The van der Waals surface area contributed by atoms with Crippen molar-refractivity contribution in [3.05, 3.63) is 0 Å². The Kier molecular flexibility index (Phi) is 12.7. The molecule has 0 aromatic heterocycles. The lowest BCUT2D eigenvalue weighted by atomic mass is 10.1. The fraction of sp³-hybridized carbons (Fsp3) is 0.923. The van der Waals surface area contributed by atoms with Crippen molar-refractivity contribution < 1.29 is 9.90 Å². The quantitative estimate of drug-likeness (QED) is 0.377. The Morgan fingerprint density at radius 2 is 1.72 bits per heavy atom. The number of carbonyl (C=O) groups is 1. The number of nitrogens with two attached hydrogens (primary N) is 1. The predicted molar refractivity (Wildman–Crippen MR) is 79.1 cm³/mol. The number of carboxylic acid groups (broad SMARTS) is 1. The first-order valence-corrected chi connectivity index (χ1v) is 8.15. The molecule has 1 amide bonds. The first kappa shape index (κ1) is 17.6. The van der Waals surface area contributed by atoms with E-state index in [4.69, 9.17) is 10.8 Å². The van der Waals surface area contributed by atoms with Gasteiger partial charge < -0.3 is 16.2 Å². The molecule has 0 radical (unpaired) electrons. The molecule has 5 heteroatoms. The van der Waals surface area contributed by atoms with Gasteiger partial charge in [0.05, 0.1) is 6.17 Å². The zero-order chi connectivity index (χ0) is 13.6. The van der Waals surface area contributed by atoms with Gasteiger partial charge in [0.25, 0.3) is 0 Å². The predicted octanol–water partition coefficient (Wildman–Crippen LogP) is 3.41. The minimum absolute atomic E-state index is 0.443. The molecule has 1 atom stereocenters. The SMILES string of the molecule is CCCCCCCCCCSCC(N)NC(=O)O. The Labute approximate surface area is 115 Å². The molecular formula is C13H28N2O2S. The molecule has 18 heavy (non-hydrogen) atoms. The zero-order valence-electron chi connectivity index (χ0n) is 11.5. The van der Waals surface area contributed by atoms with Crippen LogP contribution in [0.15, 0.2) is 0 Å². The van der Waals surface area contributed by atoms with Crippen LogP contribution >= 0.6 is 11.8 Å². The fourth-order valence-electron chi connectivity index (χ4n) is 1.75. The number of unbranched alkanes of at least 4 members (excludes halogenated alkanes) is 7. The van der Waals surface area contributed by atoms with Crippen LogP contribution in [0.2, 0.25) is 0 Å². The van der Waals surface area contributed by atoms with Gasteiger partial charge in [0.1, 0.15) is 0 Å². The second-order valence-electron chi connectivity index (χ2n) is 4.61. The Morgan fingerprint density at radius 1 is 1.17 bits per heavy atom. The summed E-state index contributed by atoms with van der Waals surface area (Å²) in [5, 5.41) is 10.7. The summed E-state index contributed by atoms with van der Waals surface area (Å²) >= 11 is 1.72. The van der Waals surface area contributed by atoms with E-state index in [9.17, 15) is 4.79 Å². The molecule has 4 nitrogen and oxygen atoms in total. The van der Waals surface area contributed by atoms with Crippen molar-refractivity contribution in [1.29, 1.82) is 0 Å². The molecular weight excluding hydrogens is 248 g/mol. The van der Waals surface area contributed by atoms with Crippen LogP contribution in [0.3, 0.4) is 0 Å². The second kappa shape index (κ2) is 13.0. The molecule has 0 aliphatic rings. The van der Waals surface area contributed by atoms with E-state index in [-0.39, 0.29) is 0 Å².